The highest BCUT2D eigenvalue weighted by molar-refractivity contribution is 6.30. The molecule has 2 aromatic carbocycles. The normalized spacial score (nSPS) is 11.7. The second-order valence-electron chi connectivity index (χ2n) is 6.15. The summed E-state index contributed by atoms with van der Waals surface area (Å²) < 4.78 is 13.2. The van der Waals surface area contributed by atoms with Crippen LogP contribution in [-0.2, 0) is 4.79 Å². The first-order valence-electron chi connectivity index (χ1n) is 8.57. The number of aromatic nitrogens is 1. The molecule has 1 aromatic heterocycles. The fraction of sp³-hybridized carbons (Fsp3) is 0.150. The highest BCUT2D eigenvalue weighted by Gasteiger charge is 2.13. The van der Waals surface area contributed by atoms with Crippen LogP contribution >= 0.6 is 11.6 Å². The lowest BCUT2D eigenvalue weighted by Gasteiger charge is -2.15. The molecule has 0 saturated carbocycles. The van der Waals surface area contributed by atoms with Crippen LogP contribution in [0.15, 0.2) is 54.7 Å². The van der Waals surface area contributed by atoms with Crippen LogP contribution in [0.5, 0.6) is 0 Å². The van der Waals surface area contributed by atoms with Gasteiger partial charge >= 0.3 is 6.03 Å². The molecule has 0 bridgehead atoms. The molecular formula is C20H18ClFN4O2. The van der Waals surface area contributed by atoms with Crippen LogP contribution in [0.3, 0.4) is 0 Å². The van der Waals surface area contributed by atoms with Crippen molar-refractivity contribution in [2.45, 2.75) is 13.0 Å². The van der Waals surface area contributed by atoms with Gasteiger partial charge in [0.05, 0.1) is 28.8 Å². The third-order valence-corrected chi connectivity index (χ3v) is 4.41. The summed E-state index contributed by atoms with van der Waals surface area (Å²) >= 11 is 5.75. The van der Waals surface area contributed by atoms with Crippen molar-refractivity contribution in [2.24, 2.45) is 0 Å². The molecule has 8 heteroatoms. The first kappa shape index (κ1) is 19.6. The number of nitrogens with one attached hydrogen (secondary N) is 3. The molecule has 0 saturated heterocycles. The van der Waals surface area contributed by atoms with Gasteiger partial charge in [0.2, 0.25) is 5.91 Å². The van der Waals surface area contributed by atoms with E-state index >= 15 is 0 Å². The Balaban J connectivity index is 1.53. The average molecular weight is 401 g/mol. The molecule has 0 aliphatic rings. The number of hydrogen-bond donors (Lipinski definition) is 3. The van der Waals surface area contributed by atoms with Gasteiger partial charge in [-0.25, -0.2) is 9.18 Å². The van der Waals surface area contributed by atoms with Gasteiger partial charge in [-0.05, 0) is 48.9 Å². The monoisotopic (exact) mass is 400 g/mol. The van der Waals surface area contributed by atoms with E-state index in [9.17, 15) is 14.0 Å². The molecule has 3 amide bonds. The molecule has 0 spiro atoms. The smallest absolute Gasteiger partial charge is 0.315 e. The zero-order valence-corrected chi connectivity index (χ0v) is 15.8. The Morgan fingerprint density at radius 2 is 2.00 bits per heavy atom. The molecule has 3 rings (SSSR count). The predicted molar refractivity (Wildman–Crippen MR) is 107 cm³/mol. The van der Waals surface area contributed by atoms with Gasteiger partial charge < -0.3 is 16.0 Å². The van der Waals surface area contributed by atoms with E-state index in [0.29, 0.717) is 11.3 Å². The predicted octanol–water partition coefficient (Wildman–Crippen LogP) is 4.03. The van der Waals surface area contributed by atoms with Crippen molar-refractivity contribution in [1.29, 1.82) is 0 Å². The summed E-state index contributed by atoms with van der Waals surface area (Å²) in [4.78, 5) is 28.4. The number of pyridine rings is 1. The van der Waals surface area contributed by atoms with Crippen LogP contribution in [0, 0.1) is 5.82 Å². The van der Waals surface area contributed by atoms with Gasteiger partial charge in [0, 0.05) is 11.6 Å². The van der Waals surface area contributed by atoms with Gasteiger partial charge in [0.25, 0.3) is 0 Å². The van der Waals surface area contributed by atoms with Crippen LogP contribution in [-0.4, -0.2) is 23.5 Å². The minimum Gasteiger partial charge on any atom is -0.332 e. The van der Waals surface area contributed by atoms with Gasteiger partial charge in [-0.2, -0.15) is 0 Å². The maximum absolute atomic E-state index is 13.2. The standard InChI is InChI=1S/C20H18ClFN4O2/c1-12(13-7-8-16(22)15(21)10-13)25-20(28)24-11-19(27)26-18-6-2-5-17-14(18)4-3-9-23-17/h2-10,12H,11H2,1H3,(H,26,27)(H2,24,25,28). The summed E-state index contributed by atoms with van der Waals surface area (Å²) in [6, 6.07) is 12.3. The van der Waals surface area contributed by atoms with E-state index in [1.165, 1.54) is 18.2 Å². The number of anilines is 1. The largest absolute Gasteiger partial charge is 0.332 e. The van der Waals surface area contributed by atoms with E-state index in [0.717, 1.165) is 10.9 Å². The van der Waals surface area contributed by atoms with Crippen molar-refractivity contribution in [2.75, 3.05) is 11.9 Å². The fourth-order valence-corrected chi connectivity index (χ4v) is 2.87. The third-order valence-electron chi connectivity index (χ3n) is 4.12. The van der Waals surface area contributed by atoms with E-state index in [1.54, 1.807) is 31.3 Å². The molecule has 1 heterocycles. The molecule has 144 valence electrons. The van der Waals surface area contributed by atoms with Crippen LogP contribution in [0.4, 0.5) is 14.9 Å². The number of carbonyl (C=O) groups excluding carboxylic acids is 2. The summed E-state index contributed by atoms with van der Waals surface area (Å²) in [7, 11) is 0. The van der Waals surface area contributed by atoms with E-state index in [1.807, 2.05) is 12.1 Å². The zero-order chi connectivity index (χ0) is 20.1. The van der Waals surface area contributed by atoms with Crippen molar-refractivity contribution in [1.82, 2.24) is 15.6 Å². The fourth-order valence-electron chi connectivity index (χ4n) is 2.68. The molecule has 3 N–H and O–H groups in total. The highest BCUT2D eigenvalue weighted by atomic mass is 35.5. The first-order valence-corrected chi connectivity index (χ1v) is 8.95. The van der Waals surface area contributed by atoms with Crippen LogP contribution in [0.2, 0.25) is 5.02 Å². The van der Waals surface area contributed by atoms with Crippen molar-refractivity contribution >= 4 is 40.1 Å². The Bertz CT molecular complexity index is 1020. The lowest BCUT2D eigenvalue weighted by atomic mass is 10.1. The highest BCUT2D eigenvalue weighted by Crippen LogP contribution is 2.21. The molecular weight excluding hydrogens is 383 g/mol. The number of amides is 3. The topological polar surface area (TPSA) is 83.1 Å². The molecule has 3 aromatic rings. The molecule has 0 fully saturated rings. The Morgan fingerprint density at radius 1 is 1.18 bits per heavy atom. The molecule has 1 atom stereocenters. The van der Waals surface area contributed by atoms with Gasteiger partial charge in [-0.3, -0.25) is 9.78 Å². The van der Waals surface area contributed by atoms with Gasteiger partial charge in [0.15, 0.2) is 0 Å². The Kier molecular flexibility index (Phi) is 6.06. The number of rotatable bonds is 5. The summed E-state index contributed by atoms with van der Waals surface area (Å²) in [5.74, 6) is -0.897. The van der Waals surface area contributed by atoms with E-state index in [-0.39, 0.29) is 17.5 Å². The summed E-state index contributed by atoms with van der Waals surface area (Å²) in [6.07, 6.45) is 1.68. The van der Waals surface area contributed by atoms with Gasteiger partial charge in [-0.15, -0.1) is 0 Å². The van der Waals surface area contributed by atoms with Crippen molar-refractivity contribution < 1.29 is 14.0 Å². The average Bonchev–Trinajstić information content (AvgIpc) is 2.69. The minimum atomic E-state index is -0.526. The second-order valence-corrected chi connectivity index (χ2v) is 6.55. The van der Waals surface area contributed by atoms with Crippen LogP contribution < -0.4 is 16.0 Å². The third kappa shape index (κ3) is 4.75. The Morgan fingerprint density at radius 3 is 2.79 bits per heavy atom. The van der Waals surface area contributed by atoms with Crippen molar-refractivity contribution in [3.63, 3.8) is 0 Å². The van der Waals surface area contributed by atoms with E-state index in [4.69, 9.17) is 11.6 Å². The number of urea groups is 1. The first-order chi connectivity index (χ1) is 13.4. The number of nitrogens with zero attached hydrogens (tertiary/aromatic N) is 1. The quantitative estimate of drug-likeness (QED) is 0.604. The number of carbonyl (C=O) groups is 2. The van der Waals surface area contributed by atoms with Crippen molar-refractivity contribution in [3.05, 3.63) is 71.1 Å². The molecule has 28 heavy (non-hydrogen) atoms. The maximum atomic E-state index is 13.2. The summed E-state index contributed by atoms with van der Waals surface area (Å²) in [5.41, 5.74) is 2.03. The molecule has 0 aliphatic heterocycles. The molecule has 1 unspecified atom stereocenters. The summed E-state index contributed by atoms with van der Waals surface area (Å²) in [5, 5.41) is 8.71. The number of fused-ring (bicyclic) bond motifs is 1. The molecule has 6 nitrogen and oxygen atoms in total. The van der Waals surface area contributed by atoms with E-state index < -0.39 is 17.9 Å². The SMILES string of the molecule is CC(NC(=O)NCC(=O)Nc1cccc2ncccc12)c1ccc(F)c(Cl)c1. The lowest BCUT2D eigenvalue weighted by molar-refractivity contribution is -0.115. The molecule has 0 radical (unpaired) electrons. The maximum Gasteiger partial charge on any atom is 0.315 e. The van der Waals surface area contributed by atoms with Crippen LogP contribution in [0.25, 0.3) is 10.9 Å². The van der Waals surface area contributed by atoms with Gasteiger partial charge in [0.1, 0.15) is 5.82 Å². The lowest BCUT2D eigenvalue weighted by Crippen LogP contribution is -2.41. The van der Waals surface area contributed by atoms with Gasteiger partial charge in [-0.1, -0.05) is 23.7 Å². The molecule has 0 aliphatic carbocycles. The zero-order valence-electron chi connectivity index (χ0n) is 15.0. The van der Waals surface area contributed by atoms with Crippen molar-refractivity contribution in [3.8, 4) is 0 Å². The summed E-state index contributed by atoms with van der Waals surface area (Å²) in [6.45, 7) is 1.52. The number of hydrogen-bond acceptors (Lipinski definition) is 3. The minimum absolute atomic E-state index is 0.0180. The number of halogens is 2. The Labute approximate surface area is 166 Å². The Hall–Kier alpha value is -3.19. The second kappa shape index (κ2) is 8.67. The number of benzene rings is 2. The van der Waals surface area contributed by atoms with Crippen LogP contribution in [0.1, 0.15) is 18.5 Å². The van der Waals surface area contributed by atoms with E-state index in [2.05, 4.69) is 20.9 Å².